The number of ether oxygens (including phenoxy) is 2. The van der Waals surface area contributed by atoms with Crippen LogP contribution in [0.4, 0.5) is 0 Å². The van der Waals surface area contributed by atoms with Gasteiger partial charge < -0.3 is 9.47 Å². The molecule has 6 aromatic carbocycles. The summed E-state index contributed by atoms with van der Waals surface area (Å²) < 4.78 is 12.1. The minimum absolute atomic E-state index is 0.0569. The van der Waals surface area contributed by atoms with Crippen molar-refractivity contribution in [1.82, 2.24) is 0 Å². The molecule has 0 unspecified atom stereocenters. The topological polar surface area (TPSA) is 52.6 Å². The van der Waals surface area contributed by atoms with Gasteiger partial charge in [-0.3, -0.25) is 9.59 Å². The van der Waals surface area contributed by atoms with E-state index >= 15 is 0 Å². The summed E-state index contributed by atoms with van der Waals surface area (Å²) in [6, 6.07) is 39.6. The molecule has 0 spiro atoms. The Morgan fingerprint density at radius 2 is 0.763 bits per heavy atom. The maximum atomic E-state index is 13.4. The molecule has 0 heterocycles. The van der Waals surface area contributed by atoms with Gasteiger partial charge in [-0.25, -0.2) is 0 Å². The van der Waals surface area contributed by atoms with E-state index in [2.05, 4.69) is 125 Å². The van der Waals surface area contributed by atoms with Crippen LogP contribution in [0.5, 0.6) is 17.2 Å². The summed E-state index contributed by atoms with van der Waals surface area (Å²) >= 11 is 0. The molecule has 0 aliphatic carbocycles. The second-order valence-electron chi connectivity index (χ2n) is 18.6. The number of ketones is 2. The molecule has 4 heteroatoms. The fraction of sp³-hybridized carbons (Fsp3) is 0.309. The Kier molecular flexibility index (Phi) is 12.0. The van der Waals surface area contributed by atoms with Crippen LogP contribution < -0.4 is 9.47 Å². The average molecular weight is 785 g/mol. The summed E-state index contributed by atoms with van der Waals surface area (Å²) in [5, 5.41) is 0. The predicted molar refractivity (Wildman–Crippen MR) is 243 cm³/mol. The Labute approximate surface area is 352 Å². The van der Waals surface area contributed by atoms with Gasteiger partial charge in [0.1, 0.15) is 17.2 Å². The molecule has 0 saturated carbocycles. The van der Waals surface area contributed by atoms with Gasteiger partial charge in [0.15, 0.2) is 11.6 Å². The quantitative estimate of drug-likeness (QED) is 0.116. The van der Waals surface area contributed by atoms with Gasteiger partial charge in [-0.05, 0) is 146 Å². The second kappa shape index (κ2) is 16.5. The average Bonchev–Trinajstić information content (AvgIpc) is 3.18. The highest BCUT2D eigenvalue weighted by Crippen LogP contribution is 2.40. The molecular weight excluding hydrogens is 725 g/mol. The first-order valence-corrected chi connectivity index (χ1v) is 20.8. The molecule has 0 saturated heterocycles. The molecule has 4 nitrogen and oxygen atoms in total. The smallest absolute Gasteiger partial charge is 0.193 e. The van der Waals surface area contributed by atoms with Crippen LogP contribution in [0, 0.1) is 27.7 Å². The highest BCUT2D eigenvalue weighted by Gasteiger charge is 2.29. The van der Waals surface area contributed by atoms with E-state index < -0.39 is 0 Å². The van der Waals surface area contributed by atoms with Crippen molar-refractivity contribution in [2.24, 2.45) is 0 Å². The molecule has 59 heavy (non-hydrogen) atoms. The number of benzene rings is 6. The molecule has 0 aromatic heterocycles. The minimum atomic E-state index is -0.236. The van der Waals surface area contributed by atoms with E-state index in [1.54, 1.807) is 60.7 Å². The SMILES string of the molecule is Cc1cc(C(C)(C)c2ccc(C(C)(C)c3cc(C)c(C(C)(C)C)c(C)c3)cc2)cc(C)c1Oc1ccc(C(=O)c2ccc(C(=O)c3ccc(OC(C)C)cc3)cc2)cc1. The lowest BCUT2D eigenvalue weighted by atomic mass is 9.72. The van der Waals surface area contributed by atoms with Crippen LogP contribution in [0.25, 0.3) is 0 Å². The Morgan fingerprint density at radius 3 is 1.10 bits per heavy atom. The predicted octanol–water partition coefficient (Wildman–Crippen LogP) is 13.9. The molecule has 0 amide bonds. The molecule has 0 radical (unpaired) electrons. The van der Waals surface area contributed by atoms with Crippen LogP contribution in [0.1, 0.15) is 144 Å². The maximum absolute atomic E-state index is 13.4. The fourth-order valence-corrected chi connectivity index (χ4v) is 8.47. The van der Waals surface area contributed by atoms with Gasteiger partial charge in [0, 0.05) is 33.1 Å². The van der Waals surface area contributed by atoms with Crippen molar-refractivity contribution in [2.75, 3.05) is 0 Å². The van der Waals surface area contributed by atoms with Gasteiger partial charge in [-0.2, -0.15) is 0 Å². The minimum Gasteiger partial charge on any atom is -0.491 e. The molecular formula is C55H60O4. The van der Waals surface area contributed by atoms with Gasteiger partial charge in [0.25, 0.3) is 0 Å². The molecule has 6 rings (SSSR count). The van der Waals surface area contributed by atoms with Crippen LogP contribution in [0.2, 0.25) is 0 Å². The summed E-state index contributed by atoms with van der Waals surface area (Å²) in [7, 11) is 0. The van der Waals surface area contributed by atoms with Crippen LogP contribution >= 0.6 is 0 Å². The second-order valence-corrected chi connectivity index (χ2v) is 18.6. The zero-order valence-electron chi connectivity index (χ0n) is 37.3. The van der Waals surface area contributed by atoms with Gasteiger partial charge in [0.2, 0.25) is 0 Å². The maximum Gasteiger partial charge on any atom is 0.193 e. The van der Waals surface area contributed by atoms with Gasteiger partial charge >= 0.3 is 0 Å². The van der Waals surface area contributed by atoms with E-state index in [-0.39, 0.29) is 33.9 Å². The van der Waals surface area contributed by atoms with Crippen LogP contribution in [0.3, 0.4) is 0 Å². The van der Waals surface area contributed by atoms with Crippen LogP contribution in [-0.2, 0) is 16.2 Å². The Bertz CT molecular complexity index is 2430. The van der Waals surface area contributed by atoms with Crippen molar-refractivity contribution in [3.63, 3.8) is 0 Å². The van der Waals surface area contributed by atoms with Crippen molar-refractivity contribution in [3.05, 3.63) is 194 Å². The molecule has 0 fully saturated rings. The van der Waals surface area contributed by atoms with Gasteiger partial charge in [0.05, 0.1) is 6.10 Å². The van der Waals surface area contributed by atoms with Crippen molar-refractivity contribution < 1.29 is 19.1 Å². The van der Waals surface area contributed by atoms with Crippen LogP contribution in [0.15, 0.2) is 121 Å². The van der Waals surface area contributed by atoms with E-state index in [1.165, 1.54) is 38.9 Å². The third kappa shape index (κ3) is 9.13. The Hall–Kier alpha value is -5.74. The highest BCUT2D eigenvalue weighted by atomic mass is 16.5. The highest BCUT2D eigenvalue weighted by molar-refractivity contribution is 6.11. The number of hydrogen-bond acceptors (Lipinski definition) is 4. The number of carbonyl (C=O) groups is 2. The third-order valence-corrected chi connectivity index (χ3v) is 11.7. The lowest BCUT2D eigenvalue weighted by Crippen LogP contribution is -2.23. The number of carbonyl (C=O) groups excluding carboxylic acids is 2. The molecule has 0 aliphatic heterocycles. The van der Waals surface area contributed by atoms with Crippen molar-refractivity contribution in [3.8, 4) is 17.2 Å². The Balaban J connectivity index is 1.13. The largest absolute Gasteiger partial charge is 0.491 e. The van der Waals surface area contributed by atoms with Crippen LogP contribution in [-0.4, -0.2) is 17.7 Å². The first-order valence-electron chi connectivity index (χ1n) is 20.8. The summed E-state index contributed by atoms with van der Waals surface area (Å²) in [6.45, 7) is 28.7. The van der Waals surface area contributed by atoms with Crippen molar-refractivity contribution in [1.29, 1.82) is 0 Å². The third-order valence-electron chi connectivity index (χ3n) is 11.7. The van der Waals surface area contributed by atoms with E-state index in [1.807, 2.05) is 26.0 Å². The molecule has 0 aliphatic rings. The molecule has 0 atom stereocenters. The number of hydrogen-bond donors (Lipinski definition) is 0. The number of aryl methyl sites for hydroxylation is 4. The zero-order valence-corrected chi connectivity index (χ0v) is 37.3. The molecule has 0 N–H and O–H groups in total. The summed E-state index contributed by atoms with van der Waals surface area (Å²) in [5.74, 6) is 1.95. The molecule has 6 aromatic rings. The standard InChI is InChI=1S/C55H60O4/c1-34(2)58-47-26-18-41(19-27-47)50(56)39-14-16-40(17-15-39)51(57)42-20-28-48(29-21-42)59-52-37(5)32-46(33-38(52)6)55(12,13)44-24-22-43(23-25-44)54(10,11)45-30-35(3)49(36(4)31-45)53(7,8)9/h14-34H,1-13H3. The van der Waals surface area contributed by atoms with E-state index in [0.29, 0.717) is 28.0 Å². The first kappa shape index (κ1) is 42.9. The van der Waals surface area contributed by atoms with Gasteiger partial charge in [-0.15, -0.1) is 0 Å². The zero-order chi connectivity index (χ0) is 43.0. The van der Waals surface area contributed by atoms with Crippen molar-refractivity contribution >= 4 is 11.6 Å². The Morgan fingerprint density at radius 1 is 0.441 bits per heavy atom. The molecule has 304 valence electrons. The summed E-state index contributed by atoms with van der Waals surface area (Å²) in [4.78, 5) is 26.5. The summed E-state index contributed by atoms with van der Waals surface area (Å²) in [5.41, 5.74) is 13.2. The van der Waals surface area contributed by atoms with E-state index in [0.717, 1.165) is 22.6 Å². The van der Waals surface area contributed by atoms with E-state index in [9.17, 15) is 9.59 Å². The van der Waals surface area contributed by atoms with Crippen molar-refractivity contribution in [2.45, 2.75) is 112 Å². The fourth-order valence-electron chi connectivity index (χ4n) is 8.47. The normalized spacial score (nSPS) is 12.1. The molecule has 0 bridgehead atoms. The number of rotatable bonds is 12. The first-order chi connectivity index (χ1) is 27.7. The lowest BCUT2D eigenvalue weighted by molar-refractivity contribution is 0.102. The lowest BCUT2D eigenvalue weighted by Gasteiger charge is -2.32. The summed E-state index contributed by atoms with van der Waals surface area (Å²) in [6.07, 6.45) is 0.0569. The monoisotopic (exact) mass is 784 g/mol. The van der Waals surface area contributed by atoms with Gasteiger partial charge in [-0.1, -0.05) is 121 Å². The van der Waals surface area contributed by atoms with E-state index in [4.69, 9.17) is 9.47 Å².